The maximum atomic E-state index is 12.4. The van der Waals surface area contributed by atoms with E-state index in [1.54, 1.807) is 0 Å². The van der Waals surface area contributed by atoms with Gasteiger partial charge in [0.05, 0.1) is 0 Å². The molecule has 0 heterocycles. The molecule has 3 nitrogen and oxygen atoms in total. The van der Waals surface area contributed by atoms with Gasteiger partial charge in [-0.25, -0.2) is 0 Å². The molecule has 1 N–H and O–H groups in total. The summed E-state index contributed by atoms with van der Waals surface area (Å²) in [6.07, 6.45) is 6.43. The van der Waals surface area contributed by atoms with Gasteiger partial charge in [0.15, 0.2) is 0 Å². The summed E-state index contributed by atoms with van der Waals surface area (Å²) in [7, 11) is 0. The molecule has 0 aromatic carbocycles. The number of carbonyl (C=O) groups is 2. The maximum Gasteiger partial charge on any atom is 0.223 e. The van der Waals surface area contributed by atoms with Crippen molar-refractivity contribution in [2.75, 3.05) is 6.54 Å². The molecule has 154 valence electrons. The third-order valence-electron chi connectivity index (χ3n) is 6.23. The zero-order chi connectivity index (χ0) is 20.6. The molecular weight excluding hydrogens is 322 g/mol. The molecule has 1 unspecified atom stereocenters. The van der Waals surface area contributed by atoms with E-state index in [9.17, 15) is 9.59 Å². The van der Waals surface area contributed by atoms with Gasteiger partial charge in [-0.2, -0.15) is 0 Å². The number of rotatable bonds is 11. The summed E-state index contributed by atoms with van der Waals surface area (Å²) in [5, 5.41) is 3.10. The second kappa shape index (κ2) is 10.5. The molecule has 1 amide bonds. The van der Waals surface area contributed by atoms with Crippen LogP contribution in [0.25, 0.3) is 0 Å². The average Bonchev–Trinajstić information content (AvgIpc) is 2.48. The standard InChI is InChI=1S/C23H45NO2/c1-10-18(15-16-23(8,9)22(5,6)7)20(26)24-17-13-11-12-14-19(25)21(2,3)4/h18H,10-17H2,1-9H3,(H,24,26). The highest BCUT2D eigenvalue weighted by Gasteiger charge is 2.33. The predicted molar refractivity (Wildman–Crippen MR) is 112 cm³/mol. The number of Topliss-reactive ketones (excluding diaryl/α,β-unsaturated/α-hetero) is 1. The summed E-state index contributed by atoms with van der Waals surface area (Å²) >= 11 is 0. The van der Waals surface area contributed by atoms with E-state index in [2.05, 4.69) is 46.9 Å². The van der Waals surface area contributed by atoms with Crippen LogP contribution in [0, 0.1) is 22.2 Å². The van der Waals surface area contributed by atoms with Crippen molar-refractivity contribution in [2.24, 2.45) is 22.2 Å². The average molecular weight is 368 g/mol. The number of ketones is 1. The summed E-state index contributed by atoms with van der Waals surface area (Å²) in [5.41, 5.74) is 0.232. The fourth-order valence-electron chi connectivity index (χ4n) is 2.75. The number of amides is 1. The fraction of sp³-hybridized carbons (Fsp3) is 0.913. The minimum atomic E-state index is -0.233. The lowest BCUT2D eigenvalue weighted by molar-refractivity contribution is -0.127. The first kappa shape index (κ1) is 25.1. The van der Waals surface area contributed by atoms with Crippen LogP contribution in [0.4, 0.5) is 0 Å². The van der Waals surface area contributed by atoms with Crippen LogP contribution < -0.4 is 5.32 Å². The Bertz CT molecular complexity index is 438. The van der Waals surface area contributed by atoms with Crippen molar-refractivity contribution < 1.29 is 9.59 Å². The number of nitrogens with one attached hydrogen (secondary N) is 1. The van der Waals surface area contributed by atoms with Gasteiger partial charge in [0, 0.05) is 24.3 Å². The second-order valence-electron chi connectivity index (χ2n) is 10.6. The molecule has 0 aliphatic heterocycles. The van der Waals surface area contributed by atoms with Gasteiger partial charge in [0.25, 0.3) is 0 Å². The number of carbonyl (C=O) groups excluding carboxylic acids is 2. The van der Waals surface area contributed by atoms with Crippen molar-refractivity contribution in [1.82, 2.24) is 5.32 Å². The Morgan fingerprint density at radius 2 is 1.46 bits per heavy atom. The van der Waals surface area contributed by atoms with Gasteiger partial charge >= 0.3 is 0 Å². The minimum absolute atomic E-state index is 0.110. The zero-order valence-electron chi connectivity index (χ0n) is 19.1. The van der Waals surface area contributed by atoms with Crippen LogP contribution in [0.15, 0.2) is 0 Å². The molecule has 0 saturated carbocycles. The monoisotopic (exact) mass is 367 g/mol. The quantitative estimate of drug-likeness (QED) is 0.445. The molecule has 0 radical (unpaired) electrons. The van der Waals surface area contributed by atoms with E-state index in [1.165, 1.54) is 0 Å². The highest BCUT2D eigenvalue weighted by atomic mass is 16.1. The van der Waals surface area contributed by atoms with Gasteiger partial charge in [0.1, 0.15) is 5.78 Å². The van der Waals surface area contributed by atoms with E-state index < -0.39 is 0 Å². The first-order valence-electron chi connectivity index (χ1n) is 10.5. The van der Waals surface area contributed by atoms with Gasteiger partial charge in [-0.05, 0) is 42.9 Å². The summed E-state index contributed by atoms with van der Waals surface area (Å²) in [5.74, 6) is 0.635. The Balaban J connectivity index is 4.12. The van der Waals surface area contributed by atoms with Crippen LogP contribution in [0.1, 0.15) is 107 Å². The number of unbranched alkanes of at least 4 members (excludes halogenated alkanes) is 2. The Hall–Kier alpha value is -0.860. The summed E-state index contributed by atoms with van der Waals surface area (Å²) in [4.78, 5) is 24.3. The lowest BCUT2D eigenvalue weighted by atomic mass is 9.66. The molecule has 0 aromatic rings. The maximum absolute atomic E-state index is 12.4. The molecule has 0 aliphatic carbocycles. The fourth-order valence-corrected chi connectivity index (χ4v) is 2.75. The van der Waals surface area contributed by atoms with Gasteiger partial charge in [-0.3, -0.25) is 9.59 Å². The van der Waals surface area contributed by atoms with Crippen LogP contribution in [0.2, 0.25) is 0 Å². The van der Waals surface area contributed by atoms with Crippen LogP contribution in [0.3, 0.4) is 0 Å². The third-order valence-corrected chi connectivity index (χ3v) is 6.23. The van der Waals surface area contributed by atoms with E-state index >= 15 is 0 Å². The van der Waals surface area contributed by atoms with E-state index in [0.29, 0.717) is 12.2 Å². The topological polar surface area (TPSA) is 46.2 Å². The van der Waals surface area contributed by atoms with E-state index in [-0.39, 0.29) is 28.1 Å². The van der Waals surface area contributed by atoms with Gasteiger partial charge in [-0.15, -0.1) is 0 Å². The number of hydrogen-bond donors (Lipinski definition) is 1. The van der Waals surface area contributed by atoms with Gasteiger partial charge in [0.2, 0.25) is 5.91 Å². The Kier molecular flexibility index (Phi) is 10.1. The molecule has 0 bridgehead atoms. The highest BCUT2D eigenvalue weighted by molar-refractivity contribution is 5.83. The first-order valence-corrected chi connectivity index (χ1v) is 10.5. The van der Waals surface area contributed by atoms with E-state index in [4.69, 9.17) is 0 Å². The molecule has 0 spiro atoms. The second-order valence-corrected chi connectivity index (χ2v) is 10.6. The highest BCUT2D eigenvalue weighted by Crippen LogP contribution is 2.42. The molecule has 1 atom stereocenters. The smallest absolute Gasteiger partial charge is 0.223 e. The third kappa shape index (κ3) is 9.19. The summed E-state index contributed by atoms with van der Waals surface area (Å²) in [6.45, 7) is 20.2. The molecule has 0 aliphatic rings. The summed E-state index contributed by atoms with van der Waals surface area (Å²) in [6, 6.07) is 0. The van der Waals surface area contributed by atoms with Crippen molar-refractivity contribution in [1.29, 1.82) is 0 Å². The summed E-state index contributed by atoms with van der Waals surface area (Å²) < 4.78 is 0. The zero-order valence-corrected chi connectivity index (χ0v) is 19.1. The van der Waals surface area contributed by atoms with Crippen LogP contribution in [-0.4, -0.2) is 18.2 Å². The predicted octanol–water partition coefficient (Wildman–Crippen LogP) is 6.16. The van der Waals surface area contributed by atoms with Gasteiger partial charge < -0.3 is 5.32 Å². The molecule has 0 fully saturated rings. The van der Waals surface area contributed by atoms with E-state index in [0.717, 1.165) is 45.1 Å². The largest absolute Gasteiger partial charge is 0.356 e. The van der Waals surface area contributed by atoms with Gasteiger partial charge in [-0.1, -0.05) is 68.7 Å². The molecule has 0 aromatic heterocycles. The van der Waals surface area contributed by atoms with Crippen molar-refractivity contribution in [3.05, 3.63) is 0 Å². The van der Waals surface area contributed by atoms with Crippen molar-refractivity contribution >= 4 is 11.7 Å². The van der Waals surface area contributed by atoms with Crippen LogP contribution in [-0.2, 0) is 9.59 Å². The van der Waals surface area contributed by atoms with Crippen molar-refractivity contribution in [3.8, 4) is 0 Å². The van der Waals surface area contributed by atoms with E-state index in [1.807, 2.05) is 20.8 Å². The molecule has 3 heteroatoms. The Morgan fingerprint density at radius 3 is 1.92 bits per heavy atom. The molecule has 26 heavy (non-hydrogen) atoms. The SMILES string of the molecule is CCC(CCC(C)(C)C(C)(C)C)C(=O)NCCCCCC(=O)C(C)(C)C. The lowest BCUT2D eigenvalue weighted by Crippen LogP contribution is -2.34. The van der Waals surface area contributed by atoms with Crippen LogP contribution >= 0.6 is 0 Å². The molecule has 0 rings (SSSR count). The molecule has 0 saturated heterocycles. The number of hydrogen-bond acceptors (Lipinski definition) is 2. The Morgan fingerprint density at radius 1 is 0.885 bits per heavy atom. The van der Waals surface area contributed by atoms with Crippen molar-refractivity contribution in [2.45, 2.75) is 107 Å². The minimum Gasteiger partial charge on any atom is -0.356 e. The first-order chi connectivity index (χ1) is 11.7. The van der Waals surface area contributed by atoms with Crippen molar-refractivity contribution in [3.63, 3.8) is 0 Å². The molecular formula is C23H45NO2. The Labute approximate surface area is 163 Å². The lowest BCUT2D eigenvalue weighted by Gasteiger charge is -2.39. The van der Waals surface area contributed by atoms with Crippen LogP contribution in [0.5, 0.6) is 0 Å². The normalized spacial score (nSPS) is 14.2.